The molecular formula is C10H12ClN. The summed E-state index contributed by atoms with van der Waals surface area (Å²) in [5, 5.41) is 0. The van der Waals surface area contributed by atoms with Gasteiger partial charge >= 0.3 is 0 Å². The first-order chi connectivity index (χ1) is 5.81. The van der Waals surface area contributed by atoms with Crippen molar-refractivity contribution in [3.8, 4) is 0 Å². The molecule has 2 heteroatoms. The molecule has 1 aliphatic rings. The molecule has 1 aromatic rings. The second kappa shape index (κ2) is 2.98. The minimum absolute atomic E-state index is 0.622. The van der Waals surface area contributed by atoms with E-state index in [1.165, 1.54) is 16.8 Å². The van der Waals surface area contributed by atoms with Crippen LogP contribution in [0.5, 0.6) is 0 Å². The molecule has 0 bridgehead atoms. The van der Waals surface area contributed by atoms with Crippen molar-refractivity contribution in [2.24, 2.45) is 0 Å². The van der Waals surface area contributed by atoms with Crippen molar-refractivity contribution in [3.05, 3.63) is 29.3 Å². The summed E-state index contributed by atoms with van der Waals surface area (Å²) in [6.45, 7) is 1.14. The van der Waals surface area contributed by atoms with Crippen LogP contribution < -0.4 is 4.90 Å². The van der Waals surface area contributed by atoms with Crippen LogP contribution in [-0.4, -0.2) is 13.6 Å². The van der Waals surface area contributed by atoms with Gasteiger partial charge in [-0.25, -0.2) is 0 Å². The first-order valence-corrected chi connectivity index (χ1v) is 4.73. The number of benzene rings is 1. The number of fused-ring (bicyclic) bond motifs is 1. The van der Waals surface area contributed by atoms with E-state index in [2.05, 4.69) is 30.1 Å². The molecule has 0 aromatic heterocycles. The SMILES string of the molecule is CN1CCc2cc(CCl)ccc21. The summed E-state index contributed by atoms with van der Waals surface area (Å²) in [6.07, 6.45) is 1.16. The fourth-order valence-corrected chi connectivity index (χ4v) is 1.87. The Morgan fingerprint density at radius 3 is 3.08 bits per heavy atom. The summed E-state index contributed by atoms with van der Waals surface area (Å²) in [4.78, 5) is 2.29. The predicted molar refractivity (Wildman–Crippen MR) is 53.0 cm³/mol. The van der Waals surface area contributed by atoms with Gasteiger partial charge in [-0.3, -0.25) is 0 Å². The van der Waals surface area contributed by atoms with Crippen LogP contribution in [0.2, 0.25) is 0 Å². The number of nitrogens with zero attached hydrogens (tertiary/aromatic N) is 1. The van der Waals surface area contributed by atoms with Crippen molar-refractivity contribution in [2.75, 3.05) is 18.5 Å². The Labute approximate surface area is 77.9 Å². The molecule has 1 heterocycles. The highest BCUT2D eigenvalue weighted by Gasteiger charge is 2.14. The quantitative estimate of drug-likeness (QED) is 0.602. The maximum atomic E-state index is 5.75. The molecule has 12 heavy (non-hydrogen) atoms. The van der Waals surface area contributed by atoms with Gasteiger partial charge in [-0.15, -0.1) is 11.6 Å². The number of rotatable bonds is 1. The van der Waals surface area contributed by atoms with Crippen LogP contribution in [0.25, 0.3) is 0 Å². The average molecular weight is 182 g/mol. The molecule has 0 N–H and O–H groups in total. The molecule has 1 nitrogen and oxygen atoms in total. The molecule has 1 aliphatic heterocycles. The molecule has 0 aliphatic carbocycles. The minimum atomic E-state index is 0.622. The van der Waals surface area contributed by atoms with Gasteiger partial charge in [0.1, 0.15) is 0 Å². The Hall–Kier alpha value is -0.690. The molecule has 0 amide bonds. The van der Waals surface area contributed by atoms with Crippen molar-refractivity contribution in [1.82, 2.24) is 0 Å². The van der Waals surface area contributed by atoms with Gasteiger partial charge in [0.25, 0.3) is 0 Å². The molecule has 64 valence electrons. The molecule has 0 fully saturated rings. The van der Waals surface area contributed by atoms with Gasteiger partial charge in [0.05, 0.1) is 0 Å². The normalized spacial score (nSPS) is 15.0. The Balaban J connectivity index is 2.41. The lowest BCUT2D eigenvalue weighted by Gasteiger charge is -2.11. The van der Waals surface area contributed by atoms with E-state index in [9.17, 15) is 0 Å². The fraction of sp³-hybridized carbons (Fsp3) is 0.400. The van der Waals surface area contributed by atoms with E-state index < -0.39 is 0 Å². The van der Waals surface area contributed by atoms with Crippen LogP contribution in [0, 0.1) is 0 Å². The van der Waals surface area contributed by atoms with Gasteiger partial charge in [-0.2, -0.15) is 0 Å². The van der Waals surface area contributed by atoms with E-state index in [4.69, 9.17) is 11.6 Å². The van der Waals surface area contributed by atoms with Gasteiger partial charge < -0.3 is 4.90 Å². The van der Waals surface area contributed by atoms with E-state index >= 15 is 0 Å². The van der Waals surface area contributed by atoms with Gasteiger partial charge in [-0.05, 0) is 23.6 Å². The van der Waals surface area contributed by atoms with Gasteiger partial charge in [0.2, 0.25) is 0 Å². The van der Waals surface area contributed by atoms with E-state index in [1.54, 1.807) is 0 Å². The van der Waals surface area contributed by atoms with Crippen molar-refractivity contribution in [3.63, 3.8) is 0 Å². The van der Waals surface area contributed by atoms with Crippen LogP contribution in [-0.2, 0) is 12.3 Å². The maximum Gasteiger partial charge on any atom is 0.0474 e. The Kier molecular flexibility index (Phi) is 1.97. The van der Waals surface area contributed by atoms with Gasteiger partial charge in [-0.1, -0.05) is 12.1 Å². The molecule has 0 saturated carbocycles. The second-order valence-electron chi connectivity index (χ2n) is 3.27. The van der Waals surface area contributed by atoms with Crippen molar-refractivity contribution in [1.29, 1.82) is 0 Å². The minimum Gasteiger partial charge on any atom is -0.374 e. The largest absolute Gasteiger partial charge is 0.374 e. The third-order valence-electron chi connectivity index (χ3n) is 2.43. The van der Waals surface area contributed by atoms with Gasteiger partial charge in [0, 0.05) is 25.2 Å². The summed E-state index contributed by atoms with van der Waals surface area (Å²) < 4.78 is 0. The summed E-state index contributed by atoms with van der Waals surface area (Å²) in [5.74, 6) is 0.622. The predicted octanol–water partition coefficient (Wildman–Crippen LogP) is 2.42. The van der Waals surface area contributed by atoms with Crippen molar-refractivity contribution >= 4 is 17.3 Å². The van der Waals surface area contributed by atoms with E-state index in [1.807, 2.05) is 0 Å². The molecule has 0 atom stereocenters. The fourth-order valence-electron chi connectivity index (χ4n) is 1.70. The summed E-state index contributed by atoms with van der Waals surface area (Å²) in [6, 6.07) is 6.49. The molecule has 0 saturated heterocycles. The molecule has 0 spiro atoms. The lowest BCUT2D eigenvalue weighted by atomic mass is 10.1. The van der Waals surface area contributed by atoms with E-state index in [0.717, 1.165) is 13.0 Å². The number of likely N-dealkylation sites (N-methyl/N-ethyl adjacent to an activating group) is 1. The molecular weight excluding hydrogens is 170 g/mol. The smallest absolute Gasteiger partial charge is 0.0474 e. The zero-order valence-electron chi connectivity index (χ0n) is 7.18. The van der Waals surface area contributed by atoms with Crippen LogP contribution in [0.4, 0.5) is 5.69 Å². The number of alkyl halides is 1. The zero-order valence-corrected chi connectivity index (χ0v) is 7.93. The number of anilines is 1. The van der Waals surface area contributed by atoms with Crippen LogP contribution in [0.15, 0.2) is 18.2 Å². The monoisotopic (exact) mass is 181 g/mol. The third-order valence-corrected chi connectivity index (χ3v) is 2.73. The van der Waals surface area contributed by atoms with Crippen LogP contribution in [0.1, 0.15) is 11.1 Å². The maximum absolute atomic E-state index is 5.75. The number of hydrogen-bond donors (Lipinski definition) is 0. The molecule has 0 radical (unpaired) electrons. The highest BCUT2D eigenvalue weighted by molar-refractivity contribution is 6.17. The zero-order chi connectivity index (χ0) is 8.55. The highest BCUT2D eigenvalue weighted by atomic mass is 35.5. The Bertz CT molecular complexity index is 296. The first-order valence-electron chi connectivity index (χ1n) is 4.20. The number of halogens is 1. The molecule has 1 aromatic carbocycles. The van der Waals surface area contributed by atoms with Crippen LogP contribution in [0.3, 0.4) is 0 Å². The van der Waals surface area contributed by atoms with Crippen molar-refractivity contribution < 1.29 is 0 Å². The topological polar surface area (TPSA) is 3.24 Å². The van der Waals surface area contributed by atoms with Crippen molar-refractivity contribution in [2.45, 2.75) is 12.3 Å². The summed E-state index contributed by atoms with van der Waals surface area (Å²) in [7, 11) is 2.13. The Morgan fingerprint density at radius 2 is 2.33 bits per heavy atom. The molecule has 0 unspecified atom stereocenters. The molecule has 2 rings (SSSR count). The Morgan fingerprint density at radius 1 is 1.50 bits per heavy atom. The third kappa shape index (κ3) is 1.18. The second-order valence-corrected chi connectivity index (χ2v) is 3.54. The van der Waals surface area contributed by atoms with E-state index in [0.29, 0.717) is 5.88 Å². The average Bonchev–Trinajstić information content (AvgIpc) is 2.47. The first kappa shape index (κ1) is 7.93. The standard InChI is InChI=1S/C10H12ClN/c1-12-5-4-9-6-8(7-11)2-3-10(9)12/h2-3,6H,4-5,7H2,1H3. The summed E-state index contributed by atoms with van der Waals surface area (Å²) in [5.41, 5.74) is 4.03. The van der Waals surface area contributed by atoms with E-state index in [-0.39, 0.29) is 0 Å². The van der Waals surface area contributed by atoms with Crippen LogP contribution >= 0.6 is 11.6 Å². The van der Waals surface area contributed by atoms with Gasteiger partial charge in [0.15, 0.2) is 0 Å². The summed E-state index contributed by atoms with van der Waals surface area (Å²) >= 11 is 5.75. The number of hydrogen-bond acceptors (Lipinski definition) is 1. The lowest BCUT2D eigenvalue weighted by Crippen LogP contribution is -2.12. The lowest BCUT2D eigenvalue weighted by molar-refractivity contribution is 0.956. The highest BCUT2D eigenvalue weighted by Crippen LogP contribution is 2.27.